The fourth-order valence-electron chi connectivity index (χ4n) is 3.04. The third-order valence-corrected chi connectivity index (χ3v) is 5.81. The molecule has 0 unspecified atom stereocenters. The van der Waals surface area contributed by atoms with Gasteiger partial charge < -0.3 is 9.47 Å². The van der Waals surface area contributed by atoms with E-state index in [4.69, 9.17) is 21.1 Å². The number of benzene rings is 2. The highest BCUT2D eigenvalue weighted by atomic mass is 35.5. The van der Waals surface area contributed by atoms with Crippen LogP contribution < -0.4 is 25.1 Å². The van der Waals surface area contributed by atoms with Crippen molar-refractivity contribution in [2.24, 2.45) is 0 Å². The molecule has 4 aromatic rings. The Balaban J connectivity index is 1.84. The van der Waals surface area contributed by atoms with Gasteiger partial charge in [-0.2, -0.15) is 14.6 Å². The zero-order chi connectivity index (χ0) is 21.3. The molecular formula is C21H16ClN3O4S. The number of fused-ring (bicyclic) bond motifs is 1. The number of hydrogen-bond donors (Lipinski definition) is 0. The third kappa shape index (κ3) is 3.67. The Kier molecular flexibility index (Phi) is 5.52. The zero-order valence-corrected chi connectivity index (χ0v) is 17.7. The summed E-state index contributed by atoms with van der Waals surface area (Å²) >= 11 is 7.26. The molecule has 4 rings (SSSR count). The van der Waals surface area contributed by atoms with Crippen molar-refractivity contribution in [1.29, 1.82) is 0 Å². The van der Waals surface area contributed by atoms with E-state index in [2.05, 4.69) is 10.1 Å². The van der Waals surface area contributed by atoms with Crippen LogP contribution in [0.1, 0.15) is 16.8 Å². The average molecular weight is 442 g/mol. The highest BCUT2D eigenvalue weighted by Crippen LogP contribution is 2.31. The van der Waals surface area contributed by atoms with Gasteiger partial charge in [-0.1, -0.05) is 53.3 Å². The summed E-state index contributed by atoms with van der Waals surface area (Å²) in [5.74, 6) is 1.05. The Morgan fingerprint density at radius 2 is 1.90 bits per heavy atom. The Bertz CT molecular complexity index is 1410. The lowest BCUT2D eigenvalue weighted by atomic mass is 10.1. The Hall–Kier alpha value is -3.23. The molecule has 0 fully saturated rings. The summed E-state index contributed by atoms with van der Waals surface area (Å²) in [6.45, 7) is 0. The minimum absolute atomic E-state index is 0.154. The van der Waals surface area contributed by atoms with Gasteiger partial charge in [0.2, 0.25) is 4.96 Å². The van der Waals surface area contributed by atoms with Gasteiger partial charge in [0.25, 0.3) is 11.1 Å². The lowest BCUT2D eigenvalue weighted by molar-refractivity contribution is 0.354. The van der Waals surface area contributed by atoms with E-state index in [1.807, 2.05) is 6.07 Å². The minimum Gasteiger partial charge on any atom is -0.493 e. The molecule has 0 aliphatic heterocycles. The lowest BCUT2D eigenvalue weighted by Gasteiger charge is -2.09. The molecule has 2 aromatic carbocycles. The van der Waals surface area contributed by atoms with E-state index in [1.54, 1.807) is 49.6 Å². The van der Waals surface area contributed by atoms with Gasteiger partial charge >= 0.3 is 0 Å². The predicted molar refractivity (Wildman–Crippen MR) is 116 cm³/mol. The highest BCUT2D eigenvalue weighted by molar-refractivity contribution is 7.15. The van der Waals surface area contributed by atoms with Gasteiger partial charge in [-0.3, -0.25) is 9.59 Å². The van der Waals surface area contributed by atoms with Crippen molar-refractivity contribution in [2.75, 3.05) is 14.2 Å². The van der Waals surface area contributed by atoms with Crippen molar-refractivity contribution >= 4 is 34.0 Å². The number of ether oxygens (including phenoxy) is 2. The van der Waals surface area contributed by atoms with Crippen LogP contribution in [0.15, 0.2) is 52.1 Å². The van der Waals surface area contributed by atoms with E-state index in [9.17, 15) is 9.59 Å². The van der Waals surface area contributed by atoms with Gasteiger partial charge in [-0.15, -0.1) is 0 Å². The van der Waals surface area contributed by atoms with Gasteiger partial charge in [0.15, 0.2) is 11.5 Å². The maximum atomic E-state index is 12.9. The van der Waals surface area contributed by atoms with Crippen molar-refractivity contribution in [3.05, 3.63) is 89.5 Å². The standard InChI is InChI=1S/C21H16ClN3O4S/c1-28-16-9-5-7-13(18(16)29-2)11-17-20(27)25-21(30-17)23-19(26)15(24-25)10-12-6-3-4-8-14(12)22/h3-9,11H,10H2,1-2H3/b17-11-. The Labute approximate surface area is 179 Å². The molecule has 2 aromatic heterocycles. The van der Waals surface area contributed by atoms with Crippen LogP contribution in [0.2, 0.25) is 5.02 Å². The first-order valence-electron chi connectivity index (χ1n) is 8.90. The highest BCUT2D eigenvalue weighted by Gasteiger charge is 2.14. The monoisotopic (exact) mass is 441 g/mol. The van der Waals surface area contributed by atoms with E-state index in [1.165, 1.54) is 7.11 Å². The molecule has 0 bridgehead atoms. The van der Waals surface area contributed by atoms with Gasteiger partial charge in [-0.05, 0) is 23.8 Å². The van der Waals surface area contributed by atoms with E-state index in [0.29, 0.717) is 26.6 Å². The second-order valence-corrected chi connectivity index (χ2v) is 7.74. The maximum absolute atomic E-state index is 12.9. The van der Waals surface area contributed by atoms with E-state index < -0.39 is 5.56 Å². The van der Waals surface area contributed by atoms with Crippen LogP contribution in [0.5, 0.6) is 11.5 Å². The largest absolute Gasteiger partial charge is 0.493 e. The van der Waals surface area contributed by atoms with Crippen LogP contribution >= 0.6 is 22.9 Å². The lowest BCUT2D eigenvalue weighted by Crippen LogP contribution is -2.28. The van der Waals surface area contributed by atoms with Gasteiger partial charge in [-0.25, -0.2) is 0 Å². The first-order chi connectivity index (χ1) is 14.5. The molecule has 0 aliphatic carbocycles. The molecule has 0 saturated carbocycles. The number of aromatic nitrogens is 3. The molecule has 0 amide bonds. The summed E-state index contributed by atoms with van der Waals surface area (Å²) in [6, 6.07) is 12.5. The average Bonchev–Trinajstić information content (AvgIpc) is 3.04. The van der Waals surface area contributed by atoms with Crippen molar-refractivity contribution in [3.63, 3.8) is 0 Å². The molecule has 0 N–H and O–H groups in total. The predicted octanol–water partition coefficient (Wildman–Crippen LogP) is 2.32. The number of para-hydroxylation sites is 1. The van der Waals surface area contributed by atoms with Crippen LogP contribution in [0.4, 0.5) is 0 Å². The third-order valence-electron chi connectivity index (χ3n) is 4.49. The normalized spacial score (nSPS) is 11.8. The first kappa shape index (κ1) is 20.1. The smallest absolute Gasteiger partial charge is 0.296 e. The van der Waals surface area contributed by atoms with E-state index in [-0.39, 0.29) is 22.6 Å². The van der Waals surface area contributed by atoms with Gasteiger partial charge in [0.05, 0.1) is 18.8 Å². The maximum Gasteiger partial charge on any atom is 0.296 e. The molecule has 2 heterocycles. The van der Waals surface area contributed by atoms with Crippen LogP contribution in [0, 0.1) is 0 Å². The molecule has 0 spiro atoms. The number of nitrogens with zero attached hydrogens (tertiary/aromatic N) is 3. The minimum atomic E-state index is -0.485. The molecule has 30 heavy (non-hydrogen) atoms. The molecule has 0 radical (unpaired) electrons. The summed E-state index contributed by atoms with van der Waals surface area (Å²) < 4.78 is 12.2. The van der Waals surface area contributed by atoms with Crippen molar-refractivity contribution in [1.82, 2.24) is 14.6 Å². The van der Waals surface area contributed by atoms with Crippen molar-refractivity contribution < 1.29 is 9.47 Å². The molecule has 152 valence electrons. The van der Waals surface area contributed by atoms with E-state index in [0.717, 1.165) is 21.4 Å². The molecular weight excluding hydrogens is 426 g/mol. The number of methoxy groups -OCH3 is 2. The van der Waals surface area contributed by atoms with Crippen LogP contribution in [-0.2, 0) is 6.42 Å². The zero-order valence-electron chi connectivity index (χ0n) is 16.1. The number of hydrogen-bond acceptors (Lipinski definition) is 7. The second-order valence-electron chi connectivity index (χ2n) is 6.32. The molecule has 9 heteroatoms. The van der Waals surface area contributed by atoms with Crippen molar-refractivity contribution in [2.45, 2.75) is 6.42 Å². The van der Waals surface area contributed by atoms with Gasteiger partial charge in [0, 0.05) is 17.0 Å². The Morgan fingerprint density at radius 1 is 1.10 bits per heavy atom. The quantitative estimate of drug-likeness (QED) is 0.472. The number of thiazole rings is 1. The Morgan fingerprint density at radius 3 is 2.63 bits per heavy atom. The van der Waals surface area contributed by atoms with Crippen molar-refractivity contribution in [3.8, 4) is 11.5 Å². The van der Waals surface area contributed by atoms with Crippen LogP contribution in [0.3, 0.4) is 0 Å². The number of halogens is 1. The van der Waals surface area contributed by atoms with E-state index >= 15 is 0 Å². The molecule has 7 nitrogen and oxygen atoms in total. The first-order valence-corrected chi connectivity index (χ1v) is 10.1. The van der Waals surface area contributed by atoms with Crippen LogP contribution in [0.25, 0.3) is 11.0 Å². The topological polar surface area (TPSA) is 82.8 Å². The fourth-order valence-corrected chi connectivity index (χ4v) is 4.14. The summed E-state index contributed by atoms with van der Waals surface area (Å²) in [5.41, 5.74) is 0.705. The fraction of sp³-hybridized carbons (Fsp3) is 0.143. The second kappa shape index (κ2) is 8.25. The summed E-state index contributed by atoms with van der Waals surface area (Å²) in [4.78, 5) is 29.6. The van der Waals surface area contributed by atoms with Gasteiger partial charge in [0.1, 0.15) is 5.69 Å². The van der Waals surface area contributed by atoms with Crippen LogP contribution in [-0.4, -0.2) is 28.8 Å². The summed E-state index contributed by atoms with van der Waals surface area (Å²) in [6.07, 6.45) is 1.86. The summed E-state index contributed by atoms with van der Waals surface area (Å²) in [7, 11) is 3.07. The molecule has 0 atom stereocenters. The summed E-state index contributed by atoms with van der Waals surface area (Å²) in [5, 5.41) is 4.78. The SMILES string of the molecule is COc1cccc(/C=c2\sc3nc(=O)c(Cc4ccccc4Cl)nn3c2=O)c1OC. The molecule has 0 saturated heterocycles. The molecule has 0 aliphatic rings. The number of rotatable bonds is 5.